The van der Waals surface area contributed by atoms with E-state index < -0.39 is 0 Å². The zero-order chi connectivity index (χ0) is 13.2. The highest BCUT2D eigenvalue weighted by atomic mass is 16.5. The first-order valence-corrected chi connectivity index (χ1v) is 7.04. The van der Waals surface area contributed by atoms with Crippen molar-refractivity contribution in [2.75, 3.05) is 13.2 Å². The minimum Gasteiger partial charge on any atom is -0.493 e. The monoisotopic (exact) mass is 260 g/mol. The molecule has 2 heterocycles. The maximum Gasteiger partial charge on any atom is 0.251 e. The lowest BCUT2D eigenvalue weighted by Crippen LogP contribution is -2.51. The number of amides is 1. The number of ether oxygens (including phenoxy) is 1. The third-order valence-corrected chi connectivity index (χ3v) is 4.03. The zero-order valence-electron chi connectivity index (χ0n) is 11.2. The quantitative estimate of drug-likeness (QED) is 0.847. The van der Waals surface area contributed by atoms with E-state index in [1.54, 1.807) is 0 Å². The Kier molecular flexibility index (Phi) is 3.42. The Labute approximate surface area is 113 Å². The van der Waals surface area contributed by atoms with Gasteiger partial charge in [-0.1, -0.05) is 0 Å². The third kappa shape index (κ3) is 2.59. The van der Waals surface area contributed by atoms with E-state index >= 15 is 0 Å². The Hall–Kier alpha value is -1.55. The van der Waals surface area contributed by atoms with Crippen LogP contribution in [0.4, 0.5) is 0 Å². The summed E-state index contributed by atoms with van der Waals surface area (Å²) < 4.78 is 5.46. The molecule has 1 saturated heterocycles. The van der Waals surface area contributed by atoms with Crippen LogP contribution in [0.3, 0.4) is 0 Å². The first kappa shape index (κ1) is 12.5. The molecule has 4 heteroatoms. The fraction of sp³-hybridized carbons (Fsp3) is 0.533. The molecule has 3 rings (SSSR count). The smallest absolute Gasteiger partial charge is 0.251 e. The van der Waals surface area contributed by atoms with E-state index in [2.05, 4.69) is 17.6 Å². The Bertz CT molecular complexity index is 487. The van der Waals surface area contributed by atoms with Crippen molar-refractivity contribution in [1.29, 1.82) is 0 Å². The molecule has 4 nitrogen and oxygen atoms in total. The van der Waals surface area contributed by atoms with Crippen LogP contribution in [0.5, 0.6) is 5.75 Å². The minimum atomic E-state index is 0.0234. The Balaban J connectivity index is 1.70. The van der Waals surface area contributed by atoms with Crippen molar-refractivity contribution in [3.63, 3.8) is 0 Å². The zero-order valence-corrected chi connectivity index (χ0v) is 11.2. The number of fused-ring (bicyclic) bond motifs is 1. The van der Waals surface area contributed by atoms with E-state index in [9.17, 15) is 4.79 Å². The van der Waals surface area contributed by atoms with Gasteiger partial charge in [0.05, 0.1) is 6.61 Å². The van der Waals surface area contributed by atoms with E-state index in [1.165, 1.54) is 0 Å². The van der Waals surface area contributed by atoms with E-state index in [1.807, 2.05) is 18.2 Å². The average molecular weight is 260 g/mol. The summed E-state index contributed by atoms with van der Waals surface area (Å²) in [4.78, 5) is 12.3. The third-order valence-electron chi connectivity index (χ3n) is 4.03. The van der Waals surface area contributed by atoms with E-state index in [-0.39, 0.29) is 11.9 Å². The lowest BCUT2D eigenvalue weighted by molar-refractivity contribution is 0.0920. The summed E-state index contributed by atoms with van der Waals surface area (Å²) in [6, 6.07) is 6.28. The number of nitrogens with one attached hydrogen (secondary N) is 2. The Morgan fingerprint density at radius 1 is 1.47 bits per heavy atom. The van der Waals surface area contributed by atoms with Crippen LogP contribution in [0.15, 0.2) is 18.2 Å². The van der Waals surface area contributed by atoms with Crippen LogP contribution >= 0.6 is 0 Å². The van der Waals surface area contributed by atoms with Crippen LogP contribution in [-0.2, 0) is 6.42 Å². The molecule has 2 aliphatic rings. The lowest BCUT2D eigenvalue weighted by atomic mass is 9.99. The molecule has 0 saturated carbocycles. The second-order valence-corrected chi connectivity index (χ2v) is 5.39. The molecule has 2 aliphatic heterocycles. The molecular weight excluding hydrogens is 240 g/mol. The van der Waals surface area contributed by atoms with Gasteiger partial charge in [-0.05, 0) is 50.1 Å². The summed E-state index contributed by atoms with van der Waals surface area (Å²) in [5, 5.41) is 6.53. The first-order valence-electron chi connectivity index (χ1n) is 7.04. The van der Waals surface area contributed by atoms with Crippen molar-refractivity contribution >= 4 is 5.91 Å². The highest BCUT2D eigenvalue weighted by Crippen LogP contribution is 2.25. The van der Waals surface area contributed by atoms with Crippen molar-refractivity contribution < 1.29 is 9.53 Å². The summed E-state index contributed by atoms with van der Waals surface area (Å²) in [5.41, 5.74) is 1.88. The molecule has 1 aromatic rings. The van der Waals surface area contributed by atoms with Crippen LogP contribution in [0.1, 0.15) is 35.7 Å². The summed E-state index contributed by atoms with van der Waals surface area (Å²) in [6.45, 7) is 3.90. The second-order valence-electron chi connectivity index (χ2n) is 5.39. The van der Waals surface area contributed by atoms with E-state index in [4.69, 9.17) is 4.74 Å². The highest BCUT2D eigenvalue weighted by molar-refractivity contribution is 5.94. The molecule has 102 valence electrons. The molecule has 2 atom stereocenters. The molecule has 19 heavy (non-hydrogen) atoms. The predicted octanol–water partition coefficient (Wildman–Crippen LogP) is 1.49. The van der Waals surface area contributed by atoms with E-state index in [0.29, 0.717) is 6.04 Å². The molecule has 0 spiro atoms. The van der Waals surface area contributed by atoms with Crippen molar-refractivity contribution in [2.24, 2.45) is 0 Å². The van der Waals surface area contributed by atoms with Crippen molar-refractivity contribution in [3.05, 3.63) is 29.3 Å². The fourth-order valence-corrected chi connectivity index (χ4v) is 2.82. The van der Waals surface area contributed by atoms with Crippen LogP contribution in [0.25, 0.3) is 0 Å². The maximum absolute atomic E-state index is 12.3. The number of carbonyl (C=O) groups is 1. The second kappa shape index (κ2) is 5.21. The van der Waals surface area contributed by atoms with Gasteiger partial charge in [-0.15, -0.1) is 0 Å². The van der Waals surface area contributed by atoms with Gasteiger partial charge in [0, 0.05) is 24.1 Å². The lowest BCUT2D eigenvalue weighted by Gasteiger charge is -2.30. The molecule has 1 aromatic carbocycles. The highest BCUT2D eigenvalue weighted by Gasteiger charge is 2.23. The molecule has 2 unspecified atom stereocenters. The number of hydrogen-bond acceptors (Lipinski definition) is 3. The molecule has 1 amide bonds. The summed E-state index contributed by atoms with van der Waals surface area (Å²) in [5.74, 6) is 0.944. The maximum atomic E-state index is 12.3. The van der Waals surface area contributed by atoms with Crippen LogP contribution in [0.2, 0.25) is 0 Å². The standard InChI is InChI=1S/C15H20N2O2/c1-10-13(3-2-7-16-10)17-15(18)12-4-5-14-11(9-12)6-8-19-14/h4-5,9-10,13,16H,2-3,6-8H2,1H3,(H,17,18). The average Bonchev–Trinajstić information content (AvgIpc) is 2.88. The van der Waals surface area contributed by atoms with Gasteiger partial charge >= 0.3 is 0 Å². The molecule has 2 N–H and O–H groups in total. The summed E-state index contributed by atoms with van der Waals surface area (Å²) in [7, 11) is 0. The topological polar surface area (TPSA) is 50.4 Å². The van der Waals surface area contributed by atoms with Gasteiger partial charge in [0.15, 0.2) is 0 Å². The molecule has 0 aromatic heterocycles. The van der Waals surface area contributed by atoms with Crippen molar-refractivity contribution in [2.45, 2.75) is 38.3 Å². The number of piperidine rings is 1. The molecule has 1 fully saturated rings. The van der Waals surface area contributed by atoms with Crippen molar-refractivity contribution in [3.8, 4) is 5.75 Å². The molecule has 0 bridgehead atoms. The number of rotatable bonds is 2. The van der Waals surface area contributed by atoms with Gasteiger partial charge in [-0.25, -0.2) is 0 Å². The van der Waals surface area contributed by atoms with Gasteiger partial charge in [0.1, 0.15) is 5.75 Å². The SMILES string of the molecule is CC1NCCCC1NC(=O)c1ccc2c(c1)CCO2. The summed E-state index contributed by atoms with van der Waals surface area (Å²) in [6.07, 6.45) is 3.07. The largest absolute Gasteiger partial charge is 0.493 e. The Morgan fingerprint density at radius 3 is 3.21 bits per heavy atom. The van der Waals surface area contributed by atoms with Gasteiger partial charge in [-0.3, -0.25) is 4.79 Å². The minimum absolute atomic E-state index is 0.0234. The van der Waals surface area contributed by atoms with Crippen LogP contribution in [0, 0.1) is 0 Å². The van der Waals surface area contributed by atoms with Gasteiger partial charge < -0.3 is 15.4 Å². The molecular formula is C15H20N2O2. The van der Waals surface area contributed by atoms with Gasteiger partial charge in [0.25, 0.3) is 5.91 Å². The van der Waals surface area contributed by atoms with Crippen molar-refractivity contribution in [1.82, 2.24) is 10.6 Å². The molecule has 0 radical (unpaired) electrons. The van der Waals surface area contributed by atoms with Crippen LogP contribution in [-0.4, -0.2) is 31.1 Å². The number of benzene rings is 1. The number of carbonyl (C=O) groups excluding carboxylic acids is 1. The predicted molar refractivity (Wildman–Crippen MR) is 73.6 cm³/mol. The van der Waals surface area contributed by atoms with Gasteiger partial charge in [-0.2, -0.15) is 0 Å². The van der Waals surface area contributed by atoms with Gasteiger partial charge in [0.2, 0.25) is 0 Å². The van der Waals surface area contributed by atoms with E-state index in [0.717, 1.165) is 49.3 Å². The normalized spacial score (nSPS) is 25.5. The summed E-state index contributed by atoms with van der Waals surface area (Å²) >= 11 is 0. The molecule has 0 aliphatic carbocycles. The van der Waals surface area contributed by atoms with Crippen LogP contribution < -0.4 is 15.4 Å². The number of hydrogen-bond donors (Lipinski definition) is 2. The fourth-order valence-electron chi connectivity index (χ4n) is 2.82. The Morgan fingerprint density at radius 2 is 2.37 bits per heavy atom. The first-order chi connectivity index (χ1) is 9.24.